The molecule has 1 aliphatic heterocycles. The van der Waals surface area contributed by atoms with Gasteiger partial charge in [0.2, 0.25) is 0 Å². The van der Waals surface area contributed by atoms with Gasteiger partial charge < -0.3 is 9.88 Å². The number of nitrogens with zero attached hydrogens (tertiary/aromatic N) is 1. The fourth-order valence-corrected chi connectivity index (χ4v) is 4.42. The van der Waals surface area contributed by atoms with Crippen LogP contribution in [-0.4, -0.2) is 14.8 Å². The zero-order chi connectivity index (χ0) is 18.3. The molecule has 2 aromatic carbocycles. The number of carbonyl (C=O) groups excluding carboxylic acids is 1. The van der Waals surface area contributed by atoms with Crippen LogP contribution in [0.2, 0.25) is 10.0 Å². The third-order valence-corrected chi connectivity index (χ3v) is 5.85. The zero-order valence-electron chi connectivity index (χ0n) is 13.3. The molecule has 0 atom stereocenters. The van der Waals surface area contributed by atoms with Crippen molar-refractivity contribution < 1.29 is 4.79 Å². The van der Waals surface area contributed by atoms with Crippen molar-refractivity contribution in [3.63, 3.8) is 0 Å². The molecule has 2 heterocycles. The van der Waals surface area contributed by atoms with E-state index < -0.39 is 0 Å². The summed E-state index contributed by atoms with van der Waals surface area (Å²) in [6.45, 7) is 0.609. The average molecular weight is 419 g/mol. The molecule has 1 saturated heterocycles. The fourth-order valence-electron chi connectivity index (χ4n) is 2.92. The molecule has 1 aliphatic rings. The number of benzene rings is 2. The monoisotopic (exact) mass is 418 g/mol. The molecule has 0 unspecified atom stereocenters. The highest BCUT2D eigenvalue weighted by Crippen LogP contribution is 2.31. The van der Waals surface area contributed by atoms with Gasteiger partial charge in [0.15, 0.2) is 0 Å². The van der Waals surface area contributed by atoms with Gasteiger partial charge in [-0.25, -0.2) is 0 Å². The molecule has 0 saturated carbocycles. The van der Waals surface area contributed by atoms with E-state index in [0.717, 1.165) is 22.0 Å². The fraction of sp³-hybridized carbons (Fsp3) is 0.0526. The molecule has 0 bridgehead atoms. The molecule has 0 radical (unpaired) electrons. The average Bonchev–Trinajstić information content (AvgIpc) is 3.11. The van der Waals surface area contributed by atoms with Gasteiger partial charge in [-0.2, -0.15) is 0 Å². The Kier molecular flexibility index (Phi) is 4.80. The largest absolute Gasteiger partial charge is 0.342 e. The molecule has 0 aliphatic carbocycles. The Labute approximate surface area is 170 Å². The Morgan fingerprint density at radius 1 is 1.19 bits per heavy atom. The predicted octanol–water partition coefficient (Wildman–Crippen LogP) is 5.49. The summed E-state index contributed by atoms with van der Waals surface area (Å²) >= 11 is 18.7. The topological polar surface area (TPSA) is 34.0 Å². The molecule has 4 rings (SSSR count). The molecule has 26 heavy (non-hydrogen) atoms. The summed E-state index contributed by atoms with van der Waals surface area (Å²) in [6, 6.07) is 13.6. The molecule has 7 heteroatoms. The SMILES string of the molecule is O=C1NC(=S)S/C1=C\c1cn(Cc2ccc(Cl)cc2Cl)c2ccccc12. The number of hydrogen-bond donors (Lipinski definition) is 1. The van der Waals surface area contributed by atoms with Gasteiger partial charge in [-0.15, -0.1) is 0 Å². The van der Waals surface area contributed by atoms with Crippen LogP contribution >= 0.6 is 47.2 Å². The number of rotatable bonds is 3. The molecule has 1 fully saturated rings. The van der Waals surface area contributed by atoms with Crippen LogP contribution in [0, 0.1) is 0 Å². The lowest BCUT2D eigenvalue weighted by molar-refractivity contribution is -0.115. The number of hydrogen-bond acceptors (Lipinski definition) is 3. The first-order chi connectivity index (χ1) is 12.5. The van der Waals surface area contributed by atoms with Crippen molar-refractivity contribution in [3.05, 3.63) is 74.7 Å². The number of halogens is 2. The highest BCUT2D eigenvalue weighted by molar-refractivity contribution is 8.26. The van der Waals surface area contributed by atoms with E-state index >= 15 is 0 Å². The first kappa shape index (κ1) is 17.6. The molecule has 1 N–H and O–H groups in total. The van der Waals surface area contributed by atoms with Crippen LogP contribution in [0.3, 0.4) is 0 Å². The second-order valence-electron chi connectivity index (χ2n) is 5.82. The van der Waals surface area contributed by atoms with Gasteiger partial charge in [0.25, 0.3) is 5.91 Å². The quantitative estimate of drug-likeness (QED) is 0.451. The Morgan fingerprint density at radius 3 is 2.73 bits per heavy atom. The van der Waals surface area contributed by atoms with Crippen molar-refractivity contribution in [2.45, 2.75) is 6.54 Å². The summed E-state index contributed by atoms with van der Waals surface area (Å²) in [5, 5.41) is 4.95. The number of fused-ring (bicyclic) bond motifs is 1. The highest BCUT2D eigenvalue weighted by atomic mass is 35.5. The third-order valence-electron chi connectivity index (χ3n) is 4.10. The molecular weight excluding hydrogens is 407 g/mol. The Morgan fingerprint density at radius 2 is 2.00 bits per heavy atom. The lowest BCUT2D eigenvalue weighted by Gasteiger charge is -2.08. The van der Waals surface area contributed by atoms with Gasteiger partial charge in [0.1, 0.15) is 4.32 Å². The molecule has 1 aromatic heterocycles. The number of para-hydroxylation sites is 1. The van der Waals surface area contributed by atoms with Gasteiger partial charge in [-0.1, -0.05) is 71.4 Å². The highest BCUT2D eigenvalue weighted by Gasteiger charge is 2.22. The number of nitrogens with one attached hydrogen (secondary N) is 1. The predicted molar refractivity (Wildman–Crippen MR) is 114 cm³/mol. The number of thioether (sulfide) groups is 1. The van der Waals surface area contributed by atoms with E-state index in [0.29, 0.717) is 25.8 Å². The van der Waals surface area contributed by atoms with Crippen LogP contribution in [-0.2, 0) is 11.3 Å². The van der Waals surface area contributed by atoms with E-state index in [9.17, 15) is 4.79 Å². The maximum absolute atomic E-state index is 12.0. The van der Waals surface area contributed by atoms with Crippen molar-refractivity contribution in [1.29, 1.82) is 0 Å². The molecule has 3 aromatic rings. The van der Waals surface area contributed by atoms with Gasteiger partial charge in [-0.3, -0.25) is 4.79 Å². The summed E-state index contributed by atoms with van der Waals surface area (Å²) in [5.41, 5.74) is 3.01. The first-order valence-electron chi connectivity index (χ1n) is 7.78. The summed E-state index contributed by atoms with van der Waals surface area (Å²) < 4.78 is 2.60. The number of aromatic nitrogens is 1. The summed E-state index contributed by atoms with van der Waals surface area (Å²) in [5.74, 6) is -0.155. The number of carbonyl (C=O) groups is 1. The van der Waals surface area contributed by atoms with Crippen molar-refractivity contribution >= 4 is 74.4 Å². The number of amides is 1. The minimum absolute atomic E-state index is 0.155. The summed E-state index contributed by atoms with van der Waals surface area (Å²) in [7, 11) is 0. The summed E-state index contributed by atoms with van der Waals surface area (Å²) in [6.07, 6.45) is 3.90. The van der Waals surface area contributed by atoms with Gasteiger partial charge in [0, 0.05) is 39.3 Å². The smallest absolute Gasteiger partial charge is 0.263 e. The molecule has 0 spiro atoms. The van der Waals surface area contributed by atoms with Gasteiger partial charge in [0.05, 0.1) is 4.91 Å². The van der Waals surface area contributed by atoms with E-state index in [1.54, 1.807) is 6.07 Å². The zero-order valence-corrected chi connectivity index (χ0v) is 16.5. The standard InChI is InChI=1S/C19H12Cl2N2OS2/c20-13-6-5-11(15(21)8-13)9-23-10-12(14-3-1-2-4-16(14)23)7-17-18(24)22-19(25)26-17/h1-8,10H,9H2,(H,22,24,25)/b17-7-. The second kappa shape index (κ2) is 7.08. The number of thiocarbonyl (C=S) groups is 1. The Bertz CT molecular complexity index is 1090. The molecular formula is C19H12Cl2N2OS2. The van der Waals surface area contributed by atoms with Crippen molar-refractivity contribution in [2.75, 3.05) is 0 Å². The minimum Gasteiger partial charge on any atom is -0.342 e. The van der Waals surface area contributed by atoms with E-state index in [1.807, 2.05) is 48.7 Å². The maximum Gasteiger partial charge on any atom is 0.263 e. The van der Waals surface area contributed by atoms with Gasteiger partial charge in [-0.05, 0) is 29.8 Å². The molecule has 1 amide bonds. The van der Waals surface area contributed by atoms with E-state index in [-0.39, 0.29) is 5.91 Å². The lowest BCUT2D eigenvalue weighted by Crippen LogP contribution is -2.17. The van der Waals surface area contributed by atoms with Gasteiger partial charge >= 0.3 is 0 Å². The second-order valence-corrected chi connectivity index (χ2v) is 8.38. The van der Waals surface area contributed by atoms with Crippen LogP contribution in [0.15, 0.2) is 53.6 Å². The van der Waals surface area contributed by atoms with Crippen LogP contribution in [0.1, 0.15) is 11.1 Å². The van der Waals surface area contributed by atoms with Crippen LogP contribution in [0.4, 0.5) is 0 Å². The van der Waals surface area contributed by atoms with Crippen molar-refractivity contribution in [1.82, 2.24) is 9.88 Å². The van der Waals surface area contributed by atoms with E-state index in [4.69, 9.17) is 35.4 Å². The third kappa shape index (κ3) is 3.40. The molecule has 130 valence electrons. The maximum atomic E-state index is 12.0. The normalized spacial score (nSPS) is 15.8. The first-order valence-corrected chi connectivity index (χ1v) is 9.76. The Hall–Kier alpha value is -1.79. The van der Waals surface area contributed by atoms with Crippen LogP contribution < -0.4 is 5.32 Å². The van der Waals surface area contributed by atoms with Crippen molar-refractivity contribution in [3.8, 4) is 0 Å². The van der Waals surface area contributed by atoms with E-state index in [2.05, 4.69) is 9.88 Å². The molecule has 3 nitrogen and oxygen atoms in total. The summed E-state index contributed by atoms with van der Waals surface area (Å²) in [4.78, 5) is 12.6. The lowest BCUT2D eigenvalue weighted by atomic mass is 10.1. The van der Waals surface area contributed by atoms with E-state index in [1.165, 1.54) is 11.8 Å². The van der Waals surface area contributed by atoms with Crippen LogP contribution in [0.5, 0.6) is 0 Å². The van der Waals surface area contributed by atoms with Crippen LogP contribution in [0.25, 0.3) is 17.0 Å². The van der Waals surface area contributed by atoms with Crippen molar-refractivity contribution in [2.24, 2.45) is 0 Å². The minimum atomic E-state index is -0.155. The Balaban J connectivity index is 1.78.